The van der Waals surface area contributed by atoms with Crippen molar-refractivity contribution in [3.63, 3.8) is 0 Å². The molecule has 0 N–H and O–H groups in total. The van der Waals surface area contributed by atoms with Gasteiger partial charge in [-0.2, -0.15) is 5.26 Å². The Morgan fingerprint density at radius 1 is 0.698 bits per heavy atom. The van der Waals surface area contributed by atoms with Gasteiger partial charge in [0.2, 0.25) is 0 Å². The number of benzene rings is 5. The van der Waals surface area contributed by atoms with Crippen LogP contribution in [0.2, 0.25) is 0 Å². The quantitative estimate of drug-likeness (QED) is 0.214. The third kappa shape index (κ3) is 3.83. The number of nitriles is 1. The summed E-state index contributed by atoms with van der Waals surface area (Å²) >= 11 is 0. The van der Waals surface area contributed by atoms with Gasteiger partial charge in [-0.05, 0) is 88.3 Å². The van der Waals surface area contributed by atoms with E-state index in [9.17, 15) is 5.26 Å². The first-order valence-electron chi connectivity index (χ1n) is 14.2. The van der Waals surface area contributed by atoms with Gasteiger partial charge in [-0.3, -0.25) is 0 Å². The summed E-state index contributed by atoms with van der Waals surface area (Å²) in [5, 5.41) is 11.8. The number of ether oxygens (including phenoxy) is 4. The second-order valence-electron chi connectivity index (χ2n) is 11.5. The molecular weight excluding hydrogens is 534 g/mol. The highest BCUT2D eigenvalue weighted by atomic mass is 16.5. The Kier molecular flexibility index (Phi) is 6.00. The van der Waals surface area contributed by atoms with Gasteiger partial charge in [0.15, 0.2) is 5.60 Å². The molecule has 0 saturated heterocycles. The van der Waals surface area contributed by atoms with E-state index >= 15 is 0 Å². The number of hydrogen-bond acceptors (Lipinski definition) is 5. The fraction of sp³-hybridized carbons (Fsp3) is 0.184. The molecule has 0 atom stereocenters. The lowest BCUT2D eigenvalue weighted by atomic mass is 9.76. The molecule has 0 saturated carbocycles. The topological polar surface area (TPSA) is 60.7 Å². The molecule has 5 aromatic rings. The molecule has 43 heavy (non-hydrogen) atoms. The van der Waals surface area contributed by atoms with Gasteiger partial charge < -0.3 is 18.9 Å². The smallest absolute Gasteiger partial charge is 0.178 e. The monoisotopic (exact) mass is 565 g/mol. The van der Waals surface area contributed by atoms with E-state index in [1.54, 1.807) is 21.3 Å². The molecule has 212 valence electrons. The average Bonchev–Trinajstić information content (AvgIpc) is 3.30. The molecule has 7 rings (SSSR count). The summed E-state index contributed by atoms with van der Waals surface area (Å²) in [6, 6.07) is 30.6. The van der Waals surface area contributed by atoms with Crippen molar-refractivity contribution in [3.8, 4) is 40.2 Å². The Bertz CT molecular complexity index is 1930. The Labute approximate surface area is 251 Å². The van der Waals surface area contributed by atoms with Gasteiger partial charge in [0.25, 0.3) is 0 Å². The predicted molar refractivity (Wildman–Crippen MR) is 169 cm³/mol. The molecule has 2 aliphatic rings. The van der Waals surface area contributed by atoms with Crippen molar-refractivity contribution in [2.24, 2.45) is 0 Å². The average molecular weight is 566 g/mol. The van der Waals surface area contributed by atoms with E-state index in [-0.39, 0.29) is 5.41 Å². The van der Waals surface area contributed by atoms with Crippen molar-refractivity contribution < 1.29 is 18.9 Å². The van der Waals surface area contributed by atoms with Crippen LogP contribution in [-0.4, -0.2) is 21.3 Å². The Balaban J connectivity index is 1.54. The van der Waals surface area contributed by atoms with Crippen LogP contribution in [0.4, 0.5) is 0 Å². The zero-order valence-electron chi connectivity index (χ0n) is 24.8. The summed E-state index contributed by atoms with van der Waals surface area (Å²) in [6.07, 6.45) is 4.37. The van der Waals surface area contributed by atoms with Gasteiger partial charge >= 0.3 is 0 Å². The fourth-order valence-electron chi connectivity index (χ4n) is 6.82. The molecular formula is C38H31NO4. The molecule has 0 aromatic heterocycles. The third-order valence-electron chi connectivity index (χ3n) is 9.01. The Morgan fingerprint density at radius 3 is 1.88 bits per heavy atom. The minimum atomic E-state index is -0.917. The standard InChI is InChI=1S/C38H31NO4/c1-37(2)33-20-23(22-39)6-16-30(33)34-29-17-15-28(42-5)21-32(29)36-31(35(34)37)18-19-38(43-36,24-7-11-26(40-3)12-8-24)25-9-13-27(41-4)14-10-25/h6-21H,1-5H3. The summed E-state index contributed by atoms with van der Waals surface area (Å²) in [5.41, 5.74) is 7.02. The van der Waals surface area contributed by atoms with Crippen LogP contribution < -0.4 is 18.9 Å². The fourth-order valence-corrected chi connectivity index (χ4v) is 6.82. The van der Waals surface area contributed by atoms with Gasteiger partial charge in [0.1, 0.15) is 23.0 Å². The van der Waals surface area contributed by atoms with E-state index in [0.717, 1.165) is 61.6 Å². The highest BCUT2D eigenvalue weighted by Gasteiger charge is 2.44. The lowest BCUT2D eigenvalue weighted by Crippen LogP contribution is -2.35. The van der Waals surface area contributed by atoms with Gasteiger partial charge in [-0.25, -0.2) is 0 Å². The molecule has 5 heteroatoms. The van der Waals surface area contributed by atoms with Crippen molar-refractivity contribution in [2.45, 2.75) is 24.9 Å². The van der Waals surface area contributed by atoms with Crippen molar-refractivity contribution in [1.82, 2.24) is 0 Å². The van der Waals surface area contributed by atoms with Crippen molar-refractivity contribution in [2.75, 3.05) is 21.3 Å². The molecule has 5 aromatic carbocycles. The van der Waals surface area contributed by atoms with E-state index in [1.807, 2.05) is 42.5 Å². The highest BCUT2D eigenvalue weighted by Crippen LogP contribution is 2.58. The largest absolute Gasteiger partial charge is 0.497 e. The molecule has 0 unspecified atom stereocenters. The van der Waals surface area contributed by atoms with E-state index in [2.05, 4.69) is 74.5 Å². The number of hydrogen-bond donors (Lipinski definition) is 0. The SMILES string of the molecule is COc1ccc(C2(c3ccc(OC)cc3)C=Cc3c4c(c5ccc(OC)cc5c3O2)-c2ccc(C#N)cc2C4(C)C)cc1. The first kappa shape index (κ1) is 26.7. The zero-order valence-corrected chi connectivity index (χ0v) is 24.8. The number of rotatable bonds is 5. The predicted octanol–water partition coefficient (Wildman–Crippen LogP) is 8.39. The van der Waals surface area contributed by atoms with Gasteiger partial charge in [0.05, 0.1) is 33.0 Å². The van der Waals surface area contributed by atoms with E-state index < -0.39 is 5.60 Å². The van der Waals surface area contributed by atoms with Crippen LogP contribution in [0.25, 0.3) is 28.0 Å². The maximum Gasteiger partial charge on any atom is 0.178 e. The molecule has 0 bridgehead atoms. The number of methoxy groups -OCH3 is 3. The molecule has 1 aliphatic carbocycles. The maximum absolute atomic E-state index is 9.71. The molecule has 0 amide bonds. The van der Waals surface area contributed by atoms with E-state index in [1.165, 1.54) is 11.1 Å². The Hall–Kier alpha value is -5.21. The number of fused-ring (bicyclic) bond motifs is 8. The normalized spacial score (nSPS) is 15.1. The second-order valence-corrected chi connectivity index (χ2v) is 11.5. The highest BCUT2D eigenvalue weighted by molar-refractivity contribution is 6.09. The molecule has 1 heterocycles. The molecule has 0 spiro atoms. The van der Waals surface area contributed by atoms with Crippen LogP contribution in [0.5, 0.6) is 23.0 Å². The summed E-state index contributed by atoms with van der Waals surface area (Å²) in [5.74, 6) is 3.10. The molecule has 0 radical (unpaired) electrons. The van der Waals surface area contributed by atoms with Gasteiger partial charge in [-0.15, -0.1) is 0 Å². The molecule has 5 nitrogen and oxygen atoms in total. The van der Waals surface area contributed by atoms with Crippen LogP contribution in [0.1, 0.15) is 47.2 Å². The minimum Gasteiger partial charge on any atom is -0.497 e. The van der Waals surface area contributed by atoms with Crippen LogP contribution in [0.15, 0.2) is 91.0 Å². The minimum absolute atomic E-state index is 0.357. The third-order valence-corrected chi connectivity index (χ3v) is 9.01. The van der Waals surface area contributed by atoms with Crippen LogP contribution in [0.3, 0.4) is 0 Å². The van der Waals surface area contributed by atoms with E-state index in [0.29, 0.717) is 5.56 Å². The lowest BCUT2D eigenvalue weighted by molar-refractivity contribution is 0.163. The first-order valence-corrected chi connectivity index (χ1v) is 14.2. The summed E-state index contributed by atoms with van der Waals surface area (Å²) in [4.78, 5) is 0. The van der Waals surface area contributed by atoms with Crippen molar-refractivity contribution >= 4 is 16.8 Å². The number of nitrogens with zero attached hydrogens (tertiary/aromatic N) is 1. The molecule has 0 fully saturated rings. The van der Waals surface area contributed by atoms with E-state index in [4.69, 9.17) is 18.9 Å². The maximum atomic E-state index is 9.71. The van der Waals surface area contributed by atoms with Crippen LogP contribution >= 0.6 is 0 Å². The Morgan fingerprint density at radius 2 is 1.30 bits per heavy atom. The second kappa shape index (κ2) is 9.68. The van der Waals surface area contributed by atoms with Crippen LogP contribution in [0, 0.1) is 11.3 Å². The first-order chi connectivity index (χ1) is 20.8. The van der Waals surface area contributed by atoms with Gasteiger partial charge in [-0.1, -0.05) is 50.3 Å². The van der Waals surface area contributed by atoms with Crippen molar-refractivity contribution in [1.29, 1.82) is 5.26 Å². The van der Waals surface area contributed by atoms with Crippen molar-refractivity contribution in [3.05, 3.63) is 124 Å². The zero-order chi connectivity index (χ0) is 29.9. The summed E-state index contributed by atoms with van der Waals surface area (Å²) in [6.45, 7) is 4.47. The molecule has 1 aliphatic heterocycles. The van der Waals surface area contributed by atoms with Gasteiger partial charge in [0, 0.05) is 27.5 Å². The summed E-state index contributed by atoms with van der Waals surface area (Å²) < 4.78 is 24.0. The van der Waals surface area contributed by atoms with Crippen LogP contribution in [-0.2, 0) is 11.0 Å². The lowest BCUT2D eigenvalue weighted by Gasteiger charge is -2.38. The summed E-state index contributed by atoms with van der Waals surface area (Å²) in [7, 11) is 5.02.